The molecule has 0 aliphatic heterocycles. The number of carbonyl (C=O) groups excluding carboxylic acids is 4. The topological polar surface area (TPSA) is 230 Å². The Morgan fingerprint density at radius 2 is 1.59 bits per heavy atom. The maximum absolute atomic E-state index is 12.8. The highest BCUT2D eigenvalue weighted by Crippen LogP contribution is 2.18. The third-order valence-corrected chi connectivity index (χ3v) is 5.92. The summed E-state index contributed by atoms with van der Waals surface area (Å²) >= 11 is 0. The van der Waals surface area contributed by atoms with E-state index in [4.69, 9.17) is 11.5 Å². The van der Waals surface area contributed by atoms with Gasteiger partial charge in [-0.15, -0.1) is 0 Å². The van der Waals surface area contributed by atoms with Crippen LogP contribution < -0.4 is 27.4 Å². The quantitative estimate of drug-likeness (QED) is 0.135. The SMILES string of the molecule is NC(=O)CC(NC(=O)CNC(=O)C(N)Cc1c[nH]c2ccccc12)C(=O)NC(Cc1ccc(O)cc1)C(=O)O. The van der Waals surface area contributed by atoms with Crippen LogP contribution in [0.2, 0.25) is 0 Å². The first kappa shape index (κ1) is 28.7. The third-order valence-electron chi connectivity index (χ3n) is 5.92. The fraction of sp³-hybridized carbons (Fsp3) is 0.269. The molecule has 3 aromatic rings. The third kappa shape index (κ3) is 8.30. The molecule has 0 aliphatic carbocycles. The normalized spacial score (nSPS) is 13.2. The molecule has 0 fully saturated rings. The zero-order valence-electron chi connectivity index (χ0n) is 20.8. The summed E-state index contributed by atoms with van der Waals surface area (Å²) in [6.45, 7) is -0.543. The summed E-state index contributed by atoms with van der Waals surface area (Å²) < 4.78 is 0. The zero-order chi connectivity index (χ0) is 28.5. The van der Waals surface area contributed by atoms with E-state index in [0.717, 1.165) is 16.5 Å². The minimum absolute atomic E-state index is 0.00935. The lowest BCUT2D eigenvalue weighted by Crippen LogP contribution is -2.55. The number of aromatic amines is 1. The Kier molecular flexibility index (Phi) is 9.59. The lowest BCUT2D eigenvalue weighted by Gasteiger charge is -2.21. The lowest BCUT2D eigenvalue weighted by atomic mass is 10.0. The standard InChI is InChI=1S/C26H30N6O7/c27-18(10-15-12-29-19-4-2-1-3-17(15)19)24(36)30-13-23(35)31-20(11-22(28)34)25(37)32-21(26(38)39)9-14-5-7-16(33)8-6-14/h1-8,12,18,20-21,29,33H,9-11,13,27H2,(H2,28,34)(H,30,36)(H,31,35)(H,32,37)(H,38,39). The molecule has 13 nitrogen and oxygen atoms in total. The van der Waals surface area contributed by atoms with Crippen molar-refractivity contribution in [3.05, 3.63) is 65.9 Å². The number of amides is 4. The first-order chi connectivity index (χ1) is 18.5. The van der Waals surface area contributed by atoms with Crippen LogP contribution in [0.3, 0.4) is 0 Å². The number of carboxylic acid groups (broad SMARTS) is 1. The van der Waals surface area contributed by atoms with Crippen LogP contribution in [-0.2, 0) is 36.8 Å². The van der Waals surface area contributed by atoms with Gasteiger partial charge in [-0.2, -0.15) is 0 Å². The van der Waals surface area contributed by atoms with Gasteiger partial charge in [0.25, 0.3) is 0 Å². The molecule has 0 saturated carbocycles. The number of aromatic hydroxyl groups is 1. The van der Waals surface area contributed by atoms with Crippen molar-refractivity contribution in [2.24, 2.45) is 11.5 Å². The predicted octanol–water partition coefficient (Wildman–Crippen LogP) is -0.968. The first-order valence-corrected chi connectivity index (χ1v) is 12.0. The number of carboxylic acids is 1. The maximum Gasteiger partial charge on any atom is 0.326 e. The molecule has 2 aromatic carbocycles. The molecule has 0 spiro atoms. The molecule has 3 unspecified atom stereocenters. The molecule has 4 amide bonds. The summed E-state index contributed by atoms with van der Waals surface area (Å²) in [6, 6.07) is 9.40. The summed E-state index contributed by atoms with van der Waals surface area (Å²) in [5.74, 6) is -4.64. The van der Waals surface area contributed by atoms with Gasteiger partial charge in [-0.05, 0) is 35.7 Å². The van der Waals surface area contributed by atoms with Crippen LogP contribution in [0, 0.1) is 0 Å². The van der Waals surface area contributed by atoms with Gasteiger partial charge in [-0.25, -0.2) is 4.79 Å². The number of rotatable bonds is 13. The Bertz CT molecular complexity index is 1350. The van der Waals surface area contributed by atoms with Gasteiger partial charge in [0.1, 0.15) is 17.8 Å². The highest BCUT2D eigenvalue weighted by molar-refractivity contribution is 5.95. The summed E-state index contributed by atoms with van der Waals surface area (Å²) in [6.07, 6.45) is 1.24. The molecule has 13 heteroatoms. The molecule has 0 saturated heterocycles. The van der Waals surface area contributed by atoms with Crippen LogP contribution in [0.15, 0.2) is 54.7 Å². The minimum Gasteiger partial charge on any atom is -0.508 e. The number of phenols is 1. The number of primary amides is 1. The highest BCUT2D eigenvalue weighted by Gasteiger charge is 2.28. The summed E-state index contributed by atoms with van der Waals surface area (Å²) in [7, 11) is 0. The molecule has 3 atom stereocenters. The Morgan fingerprint density at radius 3 is 2.26 bits per heavy atom. The predicted molar refractivity (Wildman–Crippen MR) is 140 cm³/mol. The Morgan fingerprint density at radius 1 is 0.897 bits per heavy atom. The van der Waals surface area contributed by atoms with E-state index in [-0.39, 0.29) is 18.6 Å². The second kappa shape index (κ2) is 13.1. The van der Waals surface area contributed by atoms with Crippen molar-refractivity contribution in [1.29, 1.82) is 0 Å². The van der Waals surface area contributed by atoms with Crippen molar-refractivity contribution in [1.82, 2.24) is 20.9 Å². The monoisotopic (exact) mass is 538 g/mol. The van der Waals surface area contributed by atoms with E-state index in [0.29, 0.717) is 5.56 Å². The number of hydrogen-bond acceptors (Lipinski definition) is 7. The molecule has 0 bridgehead atoms. The number of benzene rings is 2. The van der Waals surface area contributed by atoms with E-state index >= 15 is 0 Å². The van der Waals surface area contributed by atoms with E-state index in [9.17, 15) is 34.2 Å². The number of hydrogen-bond donors (Lipinski definition) is 8. The van der Waals surface area contributed by atoms with Gasteiger partial charge in [0.05, 0.1) is 19.0 Å². The smallest absolute Gasteiger partial charge is 0.326 e. The van der Waals surface area contributed by atoms with Crippen LogP contribution in [0.4, 0.5) is 0 Å². The van der Waals surface area contributed by atoms with E-state index in [2.05, 4.69) is 20.9 Å². The van der Waals surface area contributed by atoms with E-state index < -0.39 is 60.7 Å². The van der Waals surface area contributed by atoms with E-state index in [1.165, 1.54) is 24.3 Å². The second-order valence-electron chi connectivity index (χ2n) is 8.95. The Labute approximate surface area is 222 Å². The molecule has 206 valence electrons. The molecule has 10 N–H and O–H groups in total. The maximum atomic E-state index is 12.8. The summed E-state index contributed by atoms with van der Waals surface area (Å²) in [5.41, 5.74) is 13.4. The molecule has 0 radical (unpaired) electrons. The number of aromatic nitrogens is 1. The molecule has 0 aliphatic rings. The number of para-hydroxylation sites is 1. The van der Waals surface area contributed by atoms with Crippen LogP contribution in [0.25, 0.3) is 10.9 Å². The highest BCUT2D eigenvalue weighted by atomic mass is 16.4. The average Bonchev–Trinajstić information content (AvgIpc) is 3.30. The zero-order valence-corrected chi connectivity index (χ0v) is 20.8. The molecule has 3 rings (SSSR count). The molecule has 1 aromatic heterocycles. The second-order valence-corrected chi connectivity index (χ2v) is 8.95. The largest absolute Gasteiger partial charge is 0.508 e. The number of nitrogens with two attached hydrogens (primary N) is 2. The number of phenolic OH excluding ortho intramolecular Hbond substituents is 1. The lowest BCUT2D eigenvalue weighted by molar-refractivity contribution is -0.142. The number of fused-ring (bicyclic) bond motifs is 1. The van der Waals surface area contributed by atoms with Gasteiger partial charge in [-0.3, -0.25) is 19.2 Å². The average molecular weight is 539 g/mol. The Balaban J connectivity index is 1.55. The van der Waals surface area contributed by atoms with Crippen LogP contribution in [0.5, 0.6) is 5.75 Å². The van der Waals surface area contributed by atoms with Gasteiger partial charge in [0.15, 0.2) is 0 Å². The number of nitrogens with one attached hydrogen (secondary N) is 4. The number of H-pyrrole nitrogens is 1. The fourth-order valence-corrected chi connectivity index (χ4v) is 3.92. The molecular weight excluding hydrogens is 508 g/mol. The van der Waals surface area contributed by atoms with Crippen molar-refractivity contribution in [3.63, 3.8) is 0 Å². The van der Waals surface area contributed by atoms with Gasteiger partial charge >= 0.3 is 5.97 Å². The summed E-state index contributed by atoms with van der Waals surface area (Å²) in [5, 5.41) is 26.8. The van der Waals surface area contributed by atoms with E-state index in [1.54, 1.807) is 6.20 Å². The van der Waals surface area contributed by atoms with E-state index in [1.807, 2.05) is 24.3 Å². The van der Waals surface area contributed by atoms with Crippen molar-refractivity contribution in [2.75, 3.05) is 6.54 Å². The van der Waals surface area contributed by atoms with Gasteiger partial charge in [0.2, 0.25) is 23.6 Å². The van der Waals surface area contributed by atoms with Gasteiger partial charge in [0, 0.05) is 23.5 Å². The van der Waals surface area contributed by atoms with Crippen molar-refractivity contribution < 1.29 is 34.2 Å². The van der Waals surface area contributed by atoms with Crippen LogP contribution in [0.1, 0.15) is 17.5 Å². The number of carbonyl (C=O) groups is 5. The first-order valence-electron chi connectivity index (χ1n) is 12.0. The minimum atomic E-state index is -1.48. The molecule has 39 heavy (non-hydrogen) atoms. The van der Waals surface area contributed by atoms with Gasteiger partial charge < -0.3 is 42.6 Å². The number of aliphatic carboxylic acids is 1. The summed E-state index contributed by atoms with van der Waals surface area (Å²) in [4.78, 5) is 64.0. The van der Waals surface area contributed by atoms with Crippen LogP contribution in [-0.4, -0.2) is 69.5 Å². The van der Waals surface area contributed by atoms with Crippen LogP contribution >= 0.6 is 0 Å². The fourth-order valence-electron chi connectivity index (χ4n) is 3.92. The Hall–Kier alpha value is -4.91. The van der Waals surface area contributed by atoms with Crippen molar-refractivity contribution >= 4 is 40.5 Å². The molecular formula is C26H30N6O7. The van der Waals surface area contributed by atoms with Gasteiger partial charge in [-0.1, -0.05) is 30.3 Å². The van der Waals surface area contributed by atoms with Crippen molar-refractivity contribution in [3.8, 4) is 5.75 Å². The van der Waals surface area contributed by atoms with Crippen molar-refractivity contribution in [2.45, 2.75) is 37.4 Å². The molecule has 1 heterocycles.